The zero-order chi connectivity index (χ0) is 13.9. The van der Waals surface area contributed by atoms with Gasteiger partial charge in [0.1, 0.15) is 6.10 Å². The van der Waals surface area contributed by atoms with Crippen molar-refractivity contribution in [2.75, 3.05) is 26.2 Å². The number of Topliss-reactive ketones (excluding diaryl/α,β-unsaturated/α-hetero) is 1. The van der Waals surface area contributed by atoms with Crippen LogP contribution in [0.25, 0.3) is 10.8 Å². The van der Waals surface area contributed by atoms with Gasteiger partial charge in [0.15, 0.2) is 5.78 Å². The van der Waals surface area contributed by atoms with Gasteiger partial charge in [0.05, 0.1) is 6.61 Å². The van der Waals surface area contributed by atoms with E-state index in [-0.39, 0.29) is 11.9 Å². The minimum Gasteiger partial charge on any atom is -0.367 e. The van der Waals surface area contributed by atoms with Gasteiger partial charge in [0.25, 0.3) is 0 Å². The Kier molecular flexibility index (Phi) is 3.81. The largest absolute Gasteiger partial charge is 0.367 e. The van der Waals surface area contributed by atoms with Gasteiger partial charge < -0.3 is 4.74 Å². The molecular weight excluding hydrogens is 250 g/mol. The normalized spacial score (nSPS) is 20.1. The van der Waals surface area contributed by atoms with Gasteiger partial charge in [-0.3, -0.25) is 9.69 Å². The summed E-state index contributed by atoms with van der Waals surface area (Å²) in [7, 11) is 0. The molecule has 1 aliphatic heterocycles. The Morgan fingerprint density at radius 2 is 2.05 bits per heavy atom. The molecule has 0 saturated carbocycles. The highest BCUT2D eigenvalue weighted by Gasteiger charge is 2.27. The molecule has 1 heterocycles. The van der Waals surface area contributed by atoms with Crippen LogP contribution in [-0.4, -0.2) is 43.0 Å². The van der Waals surface area contributed by atoms with Crippen molar-refractivity contribution < 1.29 is 9.53 Å². The topological polar surface area (TPSA) is 29.5 Å². The standard InChI is InChI=1S/C17H19NO2/c1-2-18-10-11-20-16(12-18)17(19)15-9-5-7-13-6-3-4-8-14(13)15/h3-9,16H,2,10-12H2,1H3. The van der Waals surface area contributed by atoms with Gasteiger partial charge >= 0.3 is 0 Å². The SMILES string of the molecule is CCN1CCOC(C(=O)c2cccc3ccccc23)C1. The number of ketones is 1. The van der Waals surface area contributed by atoms with E-state index >= 15 is 0 Å². The molecule has 20 heavy (non-hydrogen) atoms. The molecule has 1 fully saturated rings. The van der Waals surface area contributed by atoms with E-state index in [1.54, 1.807) is 0 Å². The third-order valence-corrected chi connectivity index (χ3v) is 3.95. The van der Waals surface area contributed by atoms with Gasteiger partial charge in [-0.15, -0.1) is 0 Å². The summed E-state index contributed by atoms with van der Waals surface area (Å²) in [6.07, 6.45) is -0.338. The minimum atomic E-state index is -0.338. The van der Waals surface area contributed by atoms with Crippen molar-refractivity contribution in [2.24, 2.45) is 0 Å². The summed E-state index contributed by atoms with van der Waals surface area (Å²) < 4.78 is 5.68. The van der Waals surface area contributed by atoms with Crippen molar-refractivity contribution in [3.63, 3.8) is 0 Å². The minimum absolute atomic E-state index is 0.0972. The molecule has 0 N–H and O–H groups in total. The summed E-state index contributed by atoms with van der Waals surface area (Å²) in [5.74, 6) is 0.0972. The van der Waals surface area contributed by atoms with Crippen molar-refractivity contribution in [3.05, 3.63) is 48.0 Å². The lowest BCUT2D eigenvalue weighted by Crippen LogP contribution is -2.45. The summed E-state index contributed by atoms with van der Waals surface area (Å²) in [6.45, 7) is 5.32. The number of ether oxygens (including phenoxy) is 1. The van der Waals surface area contributed by atoms with Crippen molar-refractivity contribution >= 4 is 16.6 Å². The zero-order valence-electron chi connectivity index (χ0n) is 11.7. The summed E-state index contributed by atoms with van der Waals surface area (Å²) in [5, 5.41) is 2.11. The number of carbonyl (C=O) groups excluding carboxylic acids is 1. The lowest BCUT2D eigenvalue weighted by molar-refractivity contribution is -0.0147. The first-order chi connectivity index (χ1) is 9.79. The smallest absolute Gasteiger partial charge is 0.193 e. The maximum atomic E-state index is 12.7. The maximum Gasteiger partial charge on any atom is 0.193 e. The Hall–Kier alpha value is -1.71. The molecule has 2 aromatic rings. The Bertz CT molecular complexity index is 618. The van der Waals surface area contributed by atoms with E-state index in [0.717, 1.165) is 29.4 Å². The van der Waals surface area contributed by atoms with E-state index in [2.05, 4.69) is 11.8 Å². The fourth-order valence-corrected chi connectivity index (χ4v) is 2.76. The lowest BCUT2D eigenvalue weighted by Gasteiger charge is -2.31. The summed E-state index contributed by atoms with van der Waals surface area (Å²) in [5.41, 5.74) is 0.769. The first-order valence-electron chi connectivity index (χ1n) is 7.15. The fraction of sp³-hybridized carbons (Fsp3) is 0.353. The van der Waals surface area contributed by atoms with E-state index in [9.17, 15) is 4.79 Å². The number of hydrogen-bond donors (Lipinski definition) is 0. The van der Waals surface area contributed by atoms with E-state index < -0.39 is 0 Å². The van der Waals surface area contributed by atoms with Crippen molar-refractivity contribution in [2.45, 2.75) is 13.0 Å². The highest BCUT2D eigenvalue weighted by Crippen LogP contribution is 2.21. The van der Waals surface area contributed by atoms with Crippen LogP contribution in [-0.2, 0) is 4.74 Å². The van der Waals surface area contributed by atoms with Crippen LogP contribution in [0, 0.1) is 0 Å². The molecule has 2 aromatic carbocycles. The Morgan fingerprint density at radius 1 is 1.25 bits per heavy atom. The number of benzene rings is 2. The molecule has 1 aliphatic rings. The van der Waals surface area contributed by atoms with Crippen molar-refractivity contribution in [3.8, 4) is 0 Å². The number of carbonyl (C=O) groups is 1. The molecule has 0 bridgehead atoms. The van der Waals surface area contributed by atoms with Crippen molar-refractivity contribution in [1.82, 2.24) is 4.90 Å². The molecule has 104 valence electrons. The molecule has 3 rings (SSSR count). The highest BCUT2D eigenvalue weighted by atomic mass is 16.5. The Labute approximate surface area is 119 Å². The molecule has 0 spiro atoms. The van der Waals surface area contributed by atoms with Crippen LogP contribution in [0.4, 0.5) is 0 Å². The van der Waals surface area contributed by atoms with E-state index in [1.807, 2.05) is 42.5 Å². The Balaban J connectivity index is 1.92. The van der Waals surface area contributed by atoms with Crippen LogP contribution >= 0.6 is 0 Å². The van der Waals surface area contributed by atoms with Crippen LogP contribution in [0.5, 0.6) is 0 Å². The highest BCUT2D eigenvalue weighted by molar-refractivity contribution is 6.10. The van der Waals surface area contributed by atoms with Gasteiger partial charge in [-0.05, 0) is 17.3 Å². The van der Waals surface area contributed by atoms with Gasteiger partial charge in [0, 0.05) is 18.7 Å². The molecule has 1 unspecified atom stereocenters. The van der Waals surface area contributed by atoms with Gasteiger partial charge in [-0.1, -0.05) is 49.4 Å². The monoisotopic (exact) mass is 269 g/mol. The second-order valence-corrected chi connectivity index (χ2v) is 5.14. The van der Waals surface area contributed by atoms with E-state index in [4.69, 9.17) is 4.74 Å². The van der Waals surface area contributed by atoms with Crippen LogP contribution in [0.15, 0.2) is 42.5 Å². The third kappa shape index (κ3) is 2.47. The number of hydrogen-bond acceptors (Lipinski definition) is 3. The quantitative estimate of drug-likeness (QED) is 0.802. The summed E-state index contributed by atoms with van der Waals surface area (Å²) >= 11 is 0. The molecule has 0 radical (unpaired) electrons. The van der Waals surface area contributed by atoms with Gasteiger partial charge in [-0.2, -0.15) is 0 Å². The summed E-state index contributed by atoms with van der Waals surface area (Å²) in [6, 6.07) is 13.9. The molecular formula is C17H19NO2. The first-order valence-corrected chi connectivity index (χ1v) is 7.15. The predicted molar refractivity (Wildman–Crippen MR) is 80.1 cm³/mol. The second kappa shape index (κ2) is 5.73. The summed E-state index contributed by atoms with van der Waals surface area (Å²) in [4.78, 5) is 15.0. The number of fused-ring (bicyclic) bond motifs is 1. The second-order valence-electron chi connectivity index (χ2n) is 5.14. The molecule has 0 amide bonds. The molecule has 1 saturated heterocycles. The third-order valence-electron chi connectivity index (χ3n) is 3.95. The average molecular weight is 269 g/mol. The molecule has 3 heteroatoms. The lowest BCUT2D eigenvalue weighted by atomic mass is 9.98. The van der Waals surface area contributed by atoms with Crippen LogP contribution in [0.2, 0.25) is 0 Å². The van der Waals surface area contributed by atoms with Crippen LogP contribution in [0.1, 0.15) is 17.3 Å². The average Bonchev–Trinajstić information content (AvgIpc) is 2.53. The number of morpholine rings is 1. The molecule has 0 aromatic heterocycles. The first kappa shape index (κ1) is 13.3. The van der Waals surface area contributed by atoms with E-state index in [0.29, 0.717) is 13.2 Å². The fourth-order valence-electron chi connectivity index (χ4n) is 2.76. The molecule has 0 aliphatic carbocycles. The van der Waals surface area contributed by atoms with E-state index in [1.165, 1.54) is 0 Å². The van der Waals surface area contributed by atoms with Crippen molar-refractivity contribution in [1.29, 1.82) is 0 Å². The predicted octanol–water partition coefficient (Wildman–Crippen LogP) is 2.74. The zero-order valence-corrected chi connectivity index (χ0v) is 11.7. The number of likely N-dealkylation sites (N-methyl/N-ethyl adjacent to an activating group) is 1. The van der Waals surface area contributed by atoms with Crippen LogP contribution in [0.3, 0.4) is 0 Å². The maximum absolute atomic E-state index is 12.7. The molecule has 1 atom stereocenters. The van der Waals surface area contributed by atoms with Gasteiger partial charge in [-0.25, -0.2) is 0 Å². The van der Waals surface area contributed by atoms with Gasteiger partial charge in [0.2, 0.25) is 0 Å². The molecule has 3 nitrogen and oxygen atoms in total. The van der Waals surface area contributed by atoms with Crippen LogP contribution < -0.4 is 0 Å². The number of nitrogens with zero attached hydrogens (tertiary/aromatic N) is 1. The number of rotatable bonds is 3. The Morgan fingerprint density at radius 3 is 2.90 bits per heavy atom.